The van der Waals surface area contributed by atoms with E-state index in [1.807, 2.05) is 0 Å². The quantitative estimate of drug-likeness (QED) is 0.354. The van der Waals surface area contributed by atoms with Gasteiger partial charge in [0.15, 0.2) is 11.5 Å². The minimum absolute atomic E-state index is 0.216. The van der Waals surface area contributed by atoms with Crippen molar-refractivity contribution in [1.82, 2.24) is 5.32 Å². The Morgan fingerprint density at radius 1 is 0.941 bits per heavy atom. The molecule has 0 aliphatic heterocycles. The fraction of sp³-hybridized carbons (Fsp3) is 0.455. The second-order valence-corrected chi connectivity index (χ2v) is 3.93. The Hall–Kier alpha value is -1.34. The van der Waals surface area contributed by atoms with Crippen LogP contribution >= 0.6 is 0 Å². The van der Waals surface area contributed by atoms with Gasteiger partial charge in [0.1, 0.15) is 0 Å². The lowest BCUT2D eigenvalue weighted by Crippen LogP contribution is -2.54. The highest BCUT2D eigenvalue weighted by molar-refractivity contribution is 5.40. The molecule has 1 aromatic carbocycles. The van der Waals surface area contributed by atoms with Crippen LogP contribution in [0, 0.1) is 0 Å². The van der Waals surface area contributed by atoms with Gasteiger partial charge in [-0.05, 0) is 17.7 Å². The third-order valence-electron chi connectivity index (χ3n) is 2.62. The fourth-order valence-electron chi connectivity index (χ4n) is 1.29. The number of phenols is 2. The average Bonchev–Trinajstić information content (AvgIpc) is 2.36. The zero-order valence-corrected chi connectivity index (χ0v) is 9.30. The lowest BCUT2D eigenvalue weighted by molar-refractivity contribution is 0.0413. The molecule has 6 N–H and O–H groups in total. The van der Waals surface area contributed by atoms with Gasteiger partial charge >= 0.3 is 0 Å². The number of aliphatic hydroxyl groups excluding tert-OH is 3. The van der Waals surface area contributed by atoms with Crippen LogP contribution in [0.25, 0.3) is 0 Å². The predicted octanol–water partition coefficient (Wildman–Crippen LogP) is -1.10. The molecule has 17 heavy (non-hydrogen) atoms. The molecular formula is C11H17NO5. The minimum Gasteiger partial charge on any atom is -0.504 e. The molecule has 0 saturated heterocycles. The van der Waals surface area contributed by atoms with Crippen molar-refractivity contribution in [2.45, 2.75) is 12.1 Å². The third kappa shape index (κ3) is 3.31. The van der Waals surface area contributed by atoms with E-state index in [-0.39, 0.29) is 18.0 Å². The Balaban J connectivity index is 2.68. The van der Waals surface area contributed by atoms with E-state index < -0.39 is 25.4 Å². The molecule has 0 atom stereocenters. The number of phenolic OH excluding ortho intramolecular Hbond substituents is 2. The van der Waals surface area contributed by atoms with Crippen molar-refractivity contribution in [1.29, 1.82) is 0 Å². The van der Waals surface area contributed by atoms with E-state index in [9.17, 15) is 5.11 Å². The van der Waals surface area contributed by atoms with Crippen molar-refractivity contribution in [3.63, 3.8) is 0 Å². The first-order chi connectivity index (χ1) is 8.06. The van der Waals surface area contributed by atoms with Gasteiger partial charge in [0.05, 0.1) is 25.4 Å². The summed E-state index contributed by atoms with van der Waals surface area (Å²) in [5.41, 5.74) is -0.506. The zero-order valence-electron chi connectivity index (χ0n) is 9.30. The highest BCUT2D eigenvalue weighted by Gasteiger charge is 2.27. The van der Waals surface area contributed by atoms with Crippen molar-refractivity contribution >= 4 is 0 Å². The summed E-state index contributed by atoms with van der Waals surface area (Å²) >= 11 is 0. The number of hydrogen-bond donors (Lipinski definition) is 6. The van der Waals surface area contributed by atoms with Gasteiger partial charge in [-0.3, -0.25) is 0 Å². The van der Waals surface area contributed by atoms with Crippen LogP contribution in [-0.4, -0.2) is 50.9 Å². The second-order valence-electron chi connectivity index (χ2n) is 3.93. The van der Waals surface area contributed by atoms with E-state index in [2.05, 4.69) is 5.32 Å². The van der Waals surface area contributed by atoms with Gasteiger partial charge in [0, 0.05) is 6.54 Å². The summed E-state index contributed by atoms with van der Waals surface area (Å²) in [6.45, 7) is -1.01. The first-order valence-electron chi connectivity index (χ1n) is 5.15. The minimum atomic E-state index is -1.16. The smallest absolute Gasteiger partial charge is 0.157 e. The molecule has 6 nitrogen and oxygen atoms in total. The summed E-state index contributed by atoms with van der Waals surface area (Å²) in [5, 5.41) is 48.4. The van der Waals surface area contributed by atoms with Crippen molar-refractivity contribution in [3.05, 3.63) is 23.8 Å². The molecule has 0 radical (unpaired) electrons. The highest BCUT2D eigenvalue weighted by Crippen LogP contribution is 2.24. The van der Waals surface area contributed by atoms with Crippen molar-refractivity contribution < 1.29 is 25.5 Å². The van der Waals surface area contributed by atoms with Crippen LogP contribution in [0.5, 0.6) is 11.5 Å². The van der Waals surface area contributed by atoms with E-state index >= 15 is 0 Å². The third-order valence-corrected chi connectivity index (χ3v) is 2.62. The number of aromatic hydroxyl groups is 2. The second kappa shape index (κ2) is 5.83. The van der Waals surface area contributed by atoms with Gasteiger partial charge < -0.3 is 30.8 Å². The molecule has 0 amide bonds. The molecule has 0 bridgehead atoms. The van der Waals surface area contributed by atoms with Crippen LogP contribution < -0.4 is 5.32 Å². The Bertz CT molecular complexity index is 357. The van der Waals surface area contributed by atoms with Gasteiger partial charge in [-0.25, -0.2) is 0 Å². The van der Waals surface area contributed by atoms with E-state index in [4.69, 9.17) is 20.4 Å². The van der Waals surface area contributed by atoms with Gasteiger partial charge in [-0.2, -0.15) is 0 Å². The first-order valence-corrected chi connectivity index (χ1v) is 5.15. The summed E-state index contributed by atoms with van der Waals surface area (Å²) in [5.74, 6) is -0.460. The molecule has 0 heterocycles. The number of aliphatic hydroxyl groups is 3. The number of hydrogen-bond acceptors (Lipinski definition) is 6. The fourth-order valence-corrected chi connectivity index (χ4v) is 1.29. The molecule has 6 heteroatoms. The molecule has 0 unspecified atom stereocenters. The van der Waals surface area contributed by atoms with Gasteiger partial charge in [-0.15, -0.1) is 0 Å². The first kappa shape index (κ1) is 13.7. The Labute approximate surface area is 98.8 Å². The SMILES string of the molecule is OCC(CO)(CO)NCc1ccc(O)c(O)c1. The van der Waals surface area contributed by atoms with E-state index in [1.54, 1.807) is 6.07 Å². The van der Waals surface area contributed by atoms with E-state index in [1.165, 1.54) is 12.1 Å². The number of nitrogens with one attached hydrogen (secondary N) is 1. The lowest BCUT2D eigenvalue weighted by Gasteiger charge is -2.28. The Kier molecular flexibility index (Phi) is 4.71. The monoisotopic (exact) mass is 243 g/mol. The van der Waals surface area contributed by atoms with E-state index in [0.29, 0.717) is 5.56 Å². The van der Waals surface area contributed by atoms with Crippen LogP contribution in [-0.2, 0) is 6.54 Å². The van der Waals surface area contributed by atoms with Crippen LogP contribution in [0.1, 0.15) is 5.56 Å². The zero-order chi connectivity index (χ0) is 12.9. The maximum atomic E-state index is 9.28. The largest absolute Gasteiger partial charge is 0.504 e. The molecule has 0 aliphatic carbocycles. The molecule has 0 fully saturated rings. The molecule has 1 aromatic rings. The Morgan fingerprint density at radius 3 is 2.00 bits per heavy atom. The standard InChI is InChI=1S/C11H17NO5/c13-5-11(6-14,7-15)12-4-8-1-2-9(16)10(17)3-8/h1-3,12-17H,4-7H2. The molecular weight excluding hydrogens is 226 g/mol. The highest BCUT2D eigenvalue weighted by atomic mass is 16.3. The van der Waals surface area contributed by atoms with Gasteiger partial charge in [-0.1, -0.05) is 6.07 Å². The summed E-state index contributed by atoms with van der Waals surface area (Å²) in [6, 6.07) is 4.28. The average molecular weight is 243 g/mol. The van der Waals surface area contributed by atoms with Crippen molar-refractivity contribution in [3.8, 4) is 11.5 Å². The normalized spacial score (nSPS) is 11.7. The molecule has 96 valence electrons. The molecule has 0 saturated carbocycles. The number of rotatable bonds is 6. The molecule has 0 aliphatic rings. The summed E-state index contributed by atoms with van der Waals surface area (Å²) < 4.78 is 0. The van der Waals surface area contributed by atoms with E-state index in [0.717, 1.165) is 0 Å². The van der Waals surface area contributed by atoms with Crippen molar-refractivity contribution in [2.24, 2.45) is 0 Å². The predicted molar refractivity (Wildman–Crippen MR) is 60.6 cm³/mol. The summed E-state index contributed by atoms with van der Waals surface area (Å²) in [4.78, 5) is 0. The van der Waals surface area contributed by atoms with Gasteiger partial charge in [0.2, 0.25) is 0 Å². The van der Waals surface area contributed by atoms with Crippen LogP contribution in [0.15, 0.2) is 18.2 Å². The molecule has 1 rings (SSSR count). The summed E-state index contributed by atoms with van der Waals surface area (Å²) in [6.07, 6.45) is 0. The molecule has 0 aromatic heterocycles. The number of benzene rings is 1. The van der Waals surface area contributed by atoms with Crippen LogP contribution in [0.4, 0.5) is 0 Å². The topological polar surface area (TPSA) is 113 Å². The summed E-state index contributed by atoms with van der Waals surface area (Å²) in [7, 11) is 0. The maximum absolute atomic E-state index is 9.28. The molecule has 0 spiro atoms. The maximum Gasteiger partial charge on any atom is 0.157 e. The van der Waals surface area contributed by atoms with Crippen LogP contribution in [0.2, 0.25) is 0 Å². The lowest BCUT2D eigenvalue weighted by atomic mass is 10.0. The van der Waals surface area contributed by atoms with Gasteiger partial charge in [0.25, 0.3) is 0 Å². The Morgan fingerprint density at radius 2 is 1.53 bits per heavy atom. The van der Waals surface area contributed by atoms with Crippen LogP contribution in [0.3, 0.4) is 0 Å². The van der Waals surface area contributed by atoms with Crippen molar-refractivity contribution in [2.75, 3.05) is 19.8 Å².